The summed E-state index contributed by atoms with van der Waals surface area (Å²) in [7, 11) is 0. The van der Waals surface area contributed by atoms with Gasteiger partial charge in [0.15, 0.2) is 0 Å². The predicted molar refractivity (Wildman–Crippen MR) is 82.0 cm³/mol. The van der Waals surface area contributed by atoms with Crippen LogP contribution in [0.15, 0.2) is 29.4 Å². The van der Waals surface area contributed by atoms with Gasteiger partial charge in [-0.2, -0.15) is 0 Å². The second-order valence-corrected chi connectivity index (χ2v) is 5.68. The summed E-state index contributed by atoms with van der Waals surface area (Å²) in [5.41, 5.74) is 2.64. The lowest BCUT2D eigenvalue weighted by Gasteiger charge is -2.26. The van der Waals surface area contributed by atoms with Gasteiger partial charge in [-0.05, 0) is 31.7 Å². The van der Waals surface area contributed by atoms with Crippen LogP contribution in [0.25, 0.3) is 0 Å². The topological polar surface area (TPSA) is 56.1 Å². The first kappa shape index (κ1) is 13.9. The van der Waals surface area contributed by atoms with E-state index in [4.69, 9.17) is 0 Å². The van der Waals surface area contributed by atoms with E-state index in [0.29, 0.717) is 12.3 Å². The van der Waals surface area contributed by atoms with Crippen LogP contribution in [0.5, 0.6) is 0 Å². The number of benzene rings is 1. The maximum absolute atomic E-state index is 12.4. The van der Waals surface area contributed by atoms with Crippen LogP contribution in [0, 0.1) is 0 Å². The molecule has 0 spiro atoms. The number of carbonyl (C=O) groups is 1. The third kappa shape index (κ3) is 2.86. The first-order valence-electron chi connectivity index (χ1n) is 7.62. The van der Waals surface area contributed by atoms with Gasteiger partial charge in [0.1, 0.15) is 0 Å². The molecule has 21 heavy (non-hydrogen) atoms. The van der Waals surface area contributed by atoms with E-state index in [-0.39, 0.29) is 5.91 Å². The highest BCUT2D eigenvalue weighted by Crippen LogP contribution is 2.26. The zero-order chi connectivity index (χ0) is 14.7. The normalized spacial score (nSPS) is 20.5. The van der Waals surface area contributed by atoms with E-state index in [1.807, 2.05) is 29.2 Å². The zero-order valence-corrected chi connectivity index (χ0v) is 12.2. The molecule has 5 nitrogen and oxygen atoms in total. The number of fused-ring (bicyclic) bond motifs is 1. The molecule has 0 unspecified atom stereocenters. The maximum Gasteiger partial charge on any atom is 0.242 e. The summed E-state index contributed by atoms with van der Waals surface area (Å²) in [5, 5.41) is 12.6. The molecule has 0 saturated carbocycles. The summed E-state index contributed by atoms with van der Waals surface area (Å²) in [6, 6.07) is 7.87. The zero-order valence-electron chi connectivity index (χ0n) is 12.2. The smallest absolute Gasteiger partial charge is 0.242 e. The lowest BCUT2D eigenvalue weighted by atomic mass is 10.1. The SMILES string of the molecule is O=C(CN1CCC/C(=N/O)c2ccccc21)N1CCCC1. The number of nitrogens with zero attached hydrogens (tertiary/aromatic N) is 3. The molecule has 0 aromatic heterocycles. The molecule has 1 amide bonds. The molecule has 1 saturated heterocycles. The molecule has 1 N–H and O–H groups in total. The maximum atomic E-state index is 12.4. The van der Waals surface area contributed by atoms with Crippen molar-refractivity contribution in [2.24, 2.45) is 5.16 Å². The highest BCUT2D eigenvalue weighted by atomic mass is 16.4. The van der Waals surface area contributed by atoms with Crippen LogP contribution in [0.2, 0.25) is 0 Å². The van der Waals surface area contributed by atoms with Gasteiger partial charge in [0.25, 0.3) is 0 Å². The Morgan fingerprint density at radius 2 is 1.90 bits per heavy atom. The molecule has 1 aromatic carbocycles. The Kier molecular flexibility index (Phi) is 4.08. The van der Waals surface area contributed by atoms with E-state index in [1.54, 1.807) is 0 Å². The second kappa shape index (κ2) is 6.16. The van der Waals surface area contributed by atoms with E-state index in [1.165, 1.54) is 0 Å². The summed E-state index contributed by atoms with van der Waals surface area (Å²) in [6.45, 7) is 3.00. The number of para-hydroxylation sites is 1. The Labute approximate surface area is 124 Å². The van der Waals surface area contributed by atoms with Crippen molar-refractivity contribution < 1.29 is 10.0 Å². The Morgan fingerprint density at radius 1 is 1.14 bits per heavy atom. The Bertz CT molecular complexity index is 550. The number of amides is 1. The minimum atomic E-state index is 0.201. The second-order valence-electron chi connectivity index (χ2n) is 5.68. The van der Waals surface area contributed by atoms with E-state index in [0.717, 1.165) is 56.6 Å². The van der Waals surface area contributed by atoms with Gasteiger partial charge in [0.2, 0.25) is 5.91 Å². The molecule has 2 heterocycles. The van der Waals surface area contributed by atoms with Gasteiger partial charge in [-0.25, -0.2) is 0 Å². The van der Waals surface area contributed by atoms with Gasteiger partial charge >= 0.3 is 0 Å². The van der Waals surface area contributed by atoms with Crippen molar-refractivity contribution in [2.45, 2.75) is 25.7 Å². The van der Waals surface area contributed by atoms with E-state index in [2.05, 4.69) is 10.1 Å². The minimum Gasteiger partial charge on any atom is -0.411 e. The van der Waals surface area contributed by atoms with Crippen LogP contribution in [0.4, 0.5) is 5.69 Å². The first-order valence-corrected chi connectivity index (χ1v) is 7.62. The van der Waals surface area contributed by atoms with Gasteiger partial charge in [-0.3, -0.25) is 4.79 Å². The van der Waals surface area contributed by atoms with Crippen molar-refractivity contribution >= 4 is 17.3 Å². The number of likely N-dealkylation sites (tertiary alicyclic amines) is 1. The Hall–Kier alpha value is -2.04. The summed E-state index contributed by atoms with van der Waals surface area (Å²) in [4.78, 5) is 16.5. The fourth-order valence-electron chi connectivity index (χ4n) is 3.18. The number of hydrogen-bond acceptors (Lipinski definition) is 4. The van der Waals surface area contributed by atoms with Crippen LogP contribution in [0.3, 0.4) is 0 Å². The quantitative estimate of drug-likeness (QED) is 0.669. The number of carbonyl (C=O) groups excluding carboxylic acids is 1. The average Bonchev–Trinajstić information content (AvgIpc) is 2.99. The predicted octanol–water partition coefficient (Wildman–Crippen LogP) is 2.09. The Morgan fingerprint density at radius 3 is 2.67 bits per heavy atom. The van der Waals surface area contributed by atoms with E-state index < -0.39 is 0 Å². The van der Waals surface area contributed by atoms with Crippen LogP contribution in [-0.4, -0.2) is 47.9 Å². The molecule has 1 fully saturated rings. The van der Waals surface area contributed by atoms with Gasteiger partial charge in [-0.1, -0.05) is 23.4 Å². The average molecular weight is 287 g/mol. The monoisotopic (exact) mass is 287 g/mol. The standard InChI is InChI=1S/C16H21N3O2/c20-16(18-9-3-4-10-18)12-19-11-5-7-14(17-21)13-6-1-2-8-15(13)19/h1-2,6,8,21H,3-5,7,9-12H2/b17-14-. The minimum absolute atomic E-state index is 0.201. The van der Waals surface area contributed by atoms with E-state index >= 15 is 0 Å². The van der Waals surface area contributed by atoms with E-state index in [9.17, 15) is 10.0 Å². The molecule has 2 aliphatic rings. The molecular formula is C16H21N3O2. The molecule has 1 aromatic rings. The van der Waals surface area contributed by atoms with Crippen molar-refractivity contribution in [1.82, 2.24) is 4.90 Å². The van der Waals surface area contributed by atoms with Crippen LogP contribution >= 0.6 is 0 Å². The van der Waals surface area contributed by atoms with Crippen LogP contribution in [0.1, 0.15) is 31.2 Å². The fraction of sp³-hybridized carbons (Fsp3) is 0.500. The Balaban J connectivity index is 1.83. The first-order chi connectivity index (χ1) is 10.3. The molecular weight excluding hydrogens is 266 g/mol. The highest BCUT2D eigenvalue weighted by Gasteiger charge is 2.24. The molecule has 112 valence electrons. The van der Waals surface area contributed by atoms with Gasteiger partial charge < -0.3 is 15.0 Å². The molecule has 3 rings (SSSR count). The number of anilines is 1. The summed E-state index contributed by atoms with van der Waals surface area (Å²) in [6.07, 6.45) is 3.86. The summed E-state index contributed by atoms with van der Waals surface area (Å²) < 4.78 is 0. The third-order valence-electron chi connectivity index (χ3n) is 4.30. The summed E-state index contributed by atoms with van der Waals surface area (Å²) in [5.74, 6) is 0.201. The molecule has 0 radical (unpaired) electrons. The van der Waals surface area contributed by atoms with Crippen molar-refractivity contribution in [1.29, 1.82) is 0 Å². The molecule has 0 atom stereocenters. The molecule has 5 heteroatoms. The number of rotatable bonds is 2. The van der Waals surface area contributed by atoms with Gasteiger partial charge in [0, 0.05) is 30.9 Å². The van der Waals surface area contributed by atoms with Crippen molar-refractivity contribution in [3.8, 4) is 0 Å². The lowest BCUT2D eigenvalue weighted by Crippen LogP contribution is -2.39. The van der Waals surface area contributed by atoms with Gasteiger partial charge in [-0.15, -0.1) is 0 Å². The molecule has 2 aliphatic heterocycles. The van der Waals surface area contributed by atoms with Crippen molar-refractivity contribution in [3.05, 3.63) is 29.8 Å². The highest BCUT2D eigenvalue weighted by molar-refractivity contribution is 6.05. The van der Waals surface area contributed by atoms with Crippen molar-refractivity contribution in [3.63, 3.8) is 0 Å². The molecule has 0 aliphatic carbocycles. The van der Waals surface area contributed by atoms with Crippen LogP contribution < -0.4 is 4.90 Å². The van der Waals surface area contributed by atoms with Crippen LogP contribution in [-0.2, 0) is 4.79 Å². The lowest BCUT2D eigenvalue weighted by molar-refractivity contribution is -0.128. The third-order valence-corrected chi connectivity index (χ3v) is 4.30. The number of hydrogen-bond donors (Lipinski definition) is 1. The largest absolute Gasteiger partial charge is 0.411 e. The molecule has 0 bridgehead atoms. The summed E-state index contributed by atoms with van der Waals surface area (Å²) >= 11 is 0. The van der Waals surface area contributed by atoms with Crippen molar-refractivity contribution in [2.75, 3.05) is 31.1 Å². The fourth-order valence-corrected chi connectivity index (χ4v) is 3.18. The number of oxime groups is 1. The van der Waals surface area contributed by atoms with Gasteiger partial charge in [0.05, 0.1) is 12.3 Å².